The van der Waals surface area contributed by atoms with Gasteiger partial charge in [0.05, 0.1) is 5.75 Å². The van der Waals surface area contributed by atoms with E-state index in [9.17, 15) is 13.2 Å². The van der Waals surface area contributed by atoms with Crippen molar-refractivity contribution in [1.82, 2.24) is 5.32 Å². The second-order valence-electron chi connectivity index (χ2n) is 6.85. The molecule has 3 aromatic carbocycles. The number of amides is 1. The molecule has 0 aromatic heterocycles. The normalized spacial score (nSPS) is 11.4. The minimum absolute atomic E-state index is 0.0329. The maximum Gasteiger partial charge on any atom is 0.251 e. The Kier molecular flexibility index (Phi) is 6.26. The van der Waals surface area contributed by atoms with Crippen molar-refractivity contribution in [2.45, 2.75) is 11.7 Å². The Morgan fingerprint density at radius 2 is 1.43 bits per heavy atom. The van der Waals surface area contributed by atoms with Crippen LogP contribution in [0.4, 0.5) is 0 Å². The van der Waals surface area contributed by atoms with Crippen molar-refractivity contribution in [3.05, 3.63) is 107 Å². The van der Waals surface area contributed by atoms with E-state index in [0.29, 0.717) is 17.7 Å². The van der Waals surface area contributed by atoms with Gasteiger partial charge in [-0.25, -0.2) is 8.42 Å². The third-order valence-electron chi connectivity index (χ3n) is 4.49. The highest BCUT2D eigenvalue weighted by Crippen LogP contribution is 2.23. The molecule has 0 heterocycles. The third kappa shape index (κ3) is 5.54. The van der Waals surface area contributed by atoms with Crippen molar-refractivity contribution < 1.29 is 13.2 Å². The lowest BCUT2D eigenvalue weighted by Gasteiger charge is -2.19. The van der Waals surface area contributed by atoms with Gasteiger partial charge in [-0.05, 0) is 28.8 Å². The molecule has 144 valence electrons. The third-order valence-corrected chi connectivity index (χ3v) is 5.35. The molecule has 0 saturated carbocycles. The molecule has 0 aliphatic heterocycles. The number of sulfone groups is 1. The molecule has 0 radical (unpaired) electrons. The Morgan fingerprint density at radius 1 is 0.857 bits per heavy atom. The number of nitrogens with one attached hydrogen (secondary N) is 1. The van der Waals surface area contributed by atoms with Crippen LogP contribution in [0.3, 0.4) is 0 Å². The Bertz CT molecular complexity index is 992. The minimum Gasteiger partial charge on any atom is -0.351 e. The Balaban J connectivity index is 1.77. The Hall–Kier alpha value is -2.92. The number of rotatable bonds is 7. The topological polar surface area (TPSA) is 63.2 Å². The van der Waals surface area contributed by atoms with Gasteiger partial charge in [-0.2, -0.15) is 0 Å². The van der Waals surface area contributed by atoms with Crippen molar-refractivity contribution >= 4 is 15.7 Å². The van der Waals surface area contributed by atoms with E-state index in [1.54, 1.807) is 24.3 Å². The summed E-state index contributed by atoms with van der Waals surface area (Å²) in [6, 6.07) is 26.9. The number of carbonyl (C=O) groups excluding carboxylic acids is 1. The van der Waals surface area contributed by atoms with Crippen LogP contribution in [0.5, 0.6) is 0 Å². The van der Waals surface area contributed by atoms with Gasteiger partial charge in [-0.1, -0.05) is 72.8 Å². The van der Waals surface area contributed by atoms with Crippen molar-refractivity contribution in [2.24, 2.45) is 0 Å². The predicted octanol–water partition coefficient (Wildman–Crippen LogP) is 3.79. The Labute approximate surface area is 166 Å². The molecule has 3 aromatic rings. The van der Waals surface area contributed by atoms with E-state index in [1.165, 1.54) is 6.26 Å². The summed E-state index contributed by atoms with van der Waals surface area (Å²) in [4.78, 5) is 12.7. The fourth-order valence-electron chi connectivity index (χ4n) is 3.20. The van der Waals surface area contributed by atoms with Crippen LogP contribution in [0.2, 0.25) is 0 Å². The summed E-state index contributed by atoms with van der Waals surface area (Å²) in [5.74, 6) is -0.261. The number of hydrogen-bond donors (Lipinski definition) is 1. The lowest BCUT2D eigenvalue weighted by atomic mass is 9.91. The van der Waals surface area contributed by atoms with Gasteiger partial charge in [0.15, 0.2) is 9.84 Å². The smallest absolute Gasteiger partial charge is 0.251 e. The summed E-state index contributed by atoms with van der Waals surface area (Å²) in [7, 11) is -3.15. The quantitative estimate of drug-likeness (QED) is 0.664. The summed E-state index contributed by atoms with van der Waals surface area (Å²) in [6.07, 6.45) is 1.18. The number of hydrogen-bond acceptors (Lipinski definition) is 3. The highest BCUT2D eigenvalue weighted by molar-refractivity contribution is 7.89. The zero-order chi connectivity index (χ0) is 20.0. The molecule has 0 unspecified atom stereocenters. The molecule has 4 nitrogen and oxygen atoms in total. The molecule has 0 aliphatic carbocycles. The first kappa shape index (κ1) is 19.8. The predicted molar refractivity (Wildman–Crippen MR) is 112 cm³/mol. The minimum atomic E-state index is -3.15. The second-order valence-corrected chi connectivity index (χ2v) is 8.99. The van der Waals surface area contributed by atoms with Crippen molar-refractivity contribution in [1.29, 1.82) is 0 Å². The lowest BCUT2D eigenvalue weighted by Crippen LogP contribution is -2.29. The molecular weight excluding hydrogens is 370 g/mol. The SMILES string of the molecule is CS(=O)(=O)Cc1cccc(C(=O)NCC(c2ccccc2)c2ccccc2)c1. The standard InChI is InChI=1S/C23H23NO3S/c1-28(26,27)17-18-9-8-14-21(15-18)23(25)24-16-22(19-10-4-2-5-11-19)20-12-6-3-7-13-20/h2-15,22H,16-17H2,1H3,(H,24,25). The van der Waals surface area contributed by atoms with E-state index in [-0.39, 0.29) is 17.6 Å². The van der Waals surface area contributed by atoms with Gasteiger partial charge in [-0.15, -0.1) is 0 Å². The first-order chi connectivity index (χ1) is 13.4. The first-order valence-corrected chi connectivity index (χ1v) is 11.1. The summed E-state index contributed by atoms with van der Waals surface area (Å²) < 4.78 is 23.0. The van der Waals surface area contributed by atoms with Gasteiger partial charge < -0.3 is 5.32 Å². The molecule has 0 fully saturated rings. The van der Waals surface area contributed by atoms with Crippen LogP contribution in [-0.4, -0.2) is 27.1 Å². The van der Waals surface area contributed by atoms with Gasteiger partial charge in [0.25, 0.3) is 5.91 Å². The summed E-state index contributed by atoms with van der Waals surface area (Å²) in [5.41, 5.74) is 3.32. The average molecular weight is 394 g/mol. The first-order valence-electron chi connectivity index (χ1n) is 9.07. The molecule has 5 heteroatoms. The monoisotopic (exact) mass is 393 g/mol. The molecule has 0 aliphatic rings. The molecule has 3 rings (SSSR count). The summed E-state index contributed by atoms with van der Waals surface area (Å²) >= 11 is 0. The highest BCUT2D eigenvalue weighted by atomic mass is 32.2. The van der Waals surface area contributed by atoms with Crippen LogP contribution in [0.1, 0.15) is 33.0 Å². The zero-order valence-corrected chi connectivity index (χ0v) is 16.5. The van der Waals surface area contributed by atoms with Crippen LogP contribution in [0.25, 0.3) is 0 Å². The summed E-state index contributed by atoms with van der Waals surface area (Å²) in [5, 5.41) is 3.00. The van der Waals surface area contributed by atoms with E-state index in [0.717, 1.165) is 11.1 Å². The zero-order valence-electron chi connectivity index (χ0n) is 15.7. The maximum absolute atomic E-state index is 12.7. The van der Waals surface area contributed by atoms with E-state index in [4.69, 9.17) is 0 Å². The van der Waals surface area contributed by atoms with E-state index in [1.807, 2.05) is 36.4 Å². The number of benzene rings is 3. The van der Waals surface area contributed by atoms with Gasteiger partial charge in [0, 0.05) is 24.3 Å². The van der Waals surface area contributed by atoms with Gasteiger partial charge in [0.2, 0.25) is 0 Å². The van der Waals surface area contributed by atoms with Crippen LogP contribution < -0.4 is 5.32 Å². The Morgan fingerprint density at radius 3 is 1.96 bits per heavy atom. The summed E-state index contributed by atoms with van der Waals surface area (Å²) in [6.45, 7) is 0.448. The molecule has 0 spiro atoms. The number of carbonyl (C=O) groups is 1. The van der Waals surface area contributed by atoms with Crippen molar-refractivity contribution in [3.8, 4) is 0 Å². The molecule has 1 N–H and O–H groups in total. The van der Waals surface area contributed by atoms with Gasteiger partial charge >= 0.3 is 0 Å². The highest BCUT2D eigenvalue weighted by Gasteiger charge is 2.16. The molecular formula is C23H23NO3S. The van der Waals surface area contributed by atoms with Gasteiger partial charge in [0.1, 0.15) is 0 Å². The van der Waals surface area contributed by atoms with Gasteiger partial charge in [-0.3, -0.25) is 4.79 Å². The van der Waals surface area contributed by atoms with Crippen molar-refractivity contribution in [2.75, 3.05) is 12.8 Å². The fraction of sp³-hybridized carbons (Fsp3) is 0.174. The van der Waals surface area contributed by atoms with E-state index in [2.05, 4.69) is 29.6 Å². The van der Waals surface area contributed by atoms with Crippen LogP contribution in [-0.2, 0) is 15.6 Å². The molecule has 0 bridgehead atoms. The lowest BCUT2D eigenvalue weighted by molar-refractivity contribution is 0.0952. The average Bonchev–Trinajstić information content (AvgIpc) is 2.68. The van der Waals surface area contributed by atoms with E-state index >= 15 is 0 Å². The van der Waals surface area contributed by atoms with Crippen molar-refractivity contribution in [3.63, 3.8) is 0 Å². The maximum atomic E-state index is 12.7. The largest absolute Gasteiger partial charge is 0.351 e. The second kappa shape index (κ2) is 8.85. The van der Waals surface area contributed by atoms with E-state index < -0.39 is 9.84 Å². The molecule has 1 amide bonds. The van der Waals surface area contributed by atoms with Crippen LogP contribution in [0, 0.1) is 0 Å². The molecule has 28 heavy (non-hydrogen) atoms. The fourth-order valence-corrected chi connectivity index (χ4v) is 3.99. The van der Waals surface area contributed by atoms with Crippen LogP contribution in [0.15, 0.2) is 84.9 Å². The molecule has 0 saturated heterocycles. The molecule has 0 atom stereocenters. The van der Waals surface area contributed by atoms with Crippen LogP contribution >= 0.6 is 0 Å².